The van der Waals surface area contributed by atoms with Crippen LogP contribution in [0.5, 0.6) is 0 Å². The first-order valence-corrected chi connectivity index (χ1v) is 8.49. The van der Waals surface area contributed by atoms with Crippen LogP contribution in [0.1, 0.15) is 39.0 Å². The van der Waals surface area contributed by atoms with Gasteiger partial charge < -0.3 is 15.0 Å². The molecule has 0 spiro atoms. The molecule has 5 nitrogen and oxygen atoms in total. The lowest BCUT2D eigenvalue weighted by Crippen LogP contribution is -2.14. The molecule has 1 aromatic heterocycles. The minimum atomic E-state index is -0.431. The zero-order valence-corrected chi connectivity index (χ0v) is 14.5. The summed E-state index contributed by atoms with van der Waals surface area (Å²) in [4.78, 5) is 28.6. The fraction of sp³-hybridized carbons (Fsp3) is 0.294. The van der Waals surface area contributed by atoms with Crippen LogP contribution in [0.25, 0.3) is 0 Å². The monoisotopic (exact) mass is 332 g/mol. The number of aryl methyl sites for hydroxylation is 1. The fourth-order valence-corrected chi connectivity index (χ4v) is 2.88. The standard InChI is InChI=1S/C17H20N2O3S/c1-5-13-14(17(21)22-3)10(2)15(19-13)16(20)18-11-7-6-8-12(9-11)23-4/h6-9,19H,5H2,1-4H3,(H,18,20). The molecule has 6 heteroatoms. The van der Waals surface area contributed by atoms with Crippen LogP contribution in [0.15, 0.2) is 29.2 Å². The molecule has 0 aliphatic carbocycles. The van der Waals surface area contributed by atoms with E-state index in [0.29, 0.717) is 34.6 Å². The molecule has 122 valence electrons. The van der Waals surface area contributed by atoms with Gasteiger partial charge in [-0.1, -0.05) is 13.0 Å². The number of hydrogen-bond donors (Lipinski definition) is 2. The molecule has 0 unspecified atom stereocenters. The molecular formula is C17H20N2O3S. The lowest BCUT2D eigenvalue weighted by Gasteiger charge is -2.06. The number of carbonyl (C=O) groups excluding carboxylic acids is 2. The Hall–Kier alpha value is -2.21. The molecular weight excluding hydrogens is 312 g/mol. The van der Waals surface area contributed by atoms with Crippen LogP contribution in [0, 0.1) is 6.92 Å². The van der Waals surface area contributed by atoms with Gasteiger partial charge in [-0.2, -0.15) is 0 Å². The van der Waals surface area contributed by atoms with Gasteiger partial charge in [0.25, 0.3) is 5.91 Å². The Balaban J connectivity index is 2.32. The normalized spacial score (nSPS) is 10.4. The van der Waals surface area contributed by atoms with Crippen molar-refractivity contribution in [3.05, 3.63) is 46.8 Å². The molecule has 0 atom stereocenters. The van der Waals surface area contributed by atoms with Gasteiger partial charge in [0.15, 0.2) is 0 Å². The molecule has 0 saturated carbocycles. The van der Waals surface area contributed by atoms with E-state index in [-0.39, 0.29) is 5.91 Å². The van der Waals surface area contributed by atoms with Gasteiger partial charge in [0.1, 0.15) is 5.69 Å². The third-order valence-electron chi connectivity index (χ3n) is 3.63. The van der Waals surface area contributed by atoms with Crippen molar-refractivity contribution in [2.75, 3.05) is 18.7 Å². The third kappa shape index (κ3) is 3.59. The SMILES string of the molecule is CCc1[nH]c(C(=O)Nc2cccc(SC)c2)c(C)c1C(=O)OC. The van der Waals surface area contributed by atoms with E-state index in [4.69, 9.17) is 4.74 Å². The molecule has 1 heterocycles. The Labute approximate surface area is 139 Å². The molecule has 0 aliphatic heterocycles. The second kappa shape index (κ2) is 7.37. The van der Waals surface area contributed by atoms with Crippen molar-refractivity contribution in [2.45, 2.75) is 25.2 Å². The van der Waals surface area contributed by atoms with Crippen LogP contribution >= 0.6 is 11.8 Å². The number of methoxy groups -OCH3 is 1. The first-order chi connectivity index (χ1) is 11.0. The quantitative estimate of drug-likeness (QED) is 0.648. The summed E-state index contributed by atoms with van der Waals surface area (Å²) >= 11 is 1.61. The summed E-state index contributed by atoms with van der Waals surface area (Å²) in [7, 11) is 1.34. The smallest absolute Gasteiger partial charge is 0.339 e. The number of ether oxygens (including phenoxy) is 1. The number of anilines is 1. The zero-order valence-electron chi connectivity index (χ0n) is 13.6. The summed E-state index contributed by atoms with van der Waals surface area (Å²) in [6, 6.07) is 7.60. The van der Waals surface area contributed by atoms with Gasteiger partial charge in [-0.3, -0.25) is 4.79 Å². The van der Waals surface area contributed by atoms with Crippen molar-refractivity contribution in [1.82, 2.24) is 4.98 Å². The number of aromatic nitrogens is 1. The van der Waals surface area contributed by atoms with Crippen LogP contribution in [-0.2, 0) is 11.2 Å². The van der Waals surface area contributed by atoms with Gasteiger partial charge >= 0.3 is 5.97 Å². The molecule has 0 bridgehead atoms. The number of esters is 1. The van der Waals surface area contributed by atoms with Crippen molar-refractivity contribution in [2.24, 2.45) is 0 Å². The van der Waals surface area contributed by atoms with E-state index in [1.165, 1.54) is 7.11 Å². The summed E-state index contributed by atoms with van der Waals surface area (Å²) in [5.41, 5.74) is 2.85. The summed E-state index contributed by atoms with van der Waals surface area (Å²) in [6.45, 7) is 3.66. The Bertz CT molecular complexity index is 737. The molecule has 0 aliphatic rings. The van der Waals surface area contributed by atoms with Gasteiger partial charge in [-0.05, 0) is 43.4 Å². The molecule has 0 radical (unpaired) electrons. The third-order valence-corrected chi connectivity index (χ3v) is 4.35. The lowest BCUT2D eigenvalue weighted by molar-refractivity contribution is 0.0599. The number of hydrogen-bond acceptors (Lipinski definition) is 4. The number of benzene rings is 1. The van der Waals surface area contributed by atoms with E-state index < -0.39 is 5.97 Å². The van der Waals surface area contributed by atoms with Crippen LogP contribution in [0.4, 0.5) is 5.69 Å². The summed E-state index contributed by atoms with van der Waals surface area (Å²) in [5, 5.41) is 2.86. The van der Waals surface area contributed by atoms with E-state index in [2.05, 4.69) is 10.3 Å². The predicted molar refractivity (Wildman–Crippen MR) is 92.4 cm³/mol. The highest BCUT2D eigenvalue weighted by molar-refractivity contribution is 7.98. The Morgan fingerprint density at radius 3 is 2.70 bits per heavy atom. The fourth-order valence-electron chi connectivity index (χ4n) is 2.42. The number of nitrogens with one attached hydrogen (secondary N) is 2. The van der Waals surface area contributed by atoms with Crippen molar-refractivity contribution in [3.63, 3.8) is 0 Å². The number of amides is 1. The van der Waals surface area contributed by atoms with E-state index in [0.717, 1.165) is 4.90 Å². The Morgan fingerprint density at radius 1 is 1.35 bits per heavy atom. The minimum absolute atomic E-state index is 0.273. The lowest BCUT2D eigenvalue weighted by atomic mass is 10.1. The molecule has 1 aromatic carbocycles. The van der Waals surface area contributed by atoms with Gasteiger partial charge in [-0.25, -0.2) is 4.79 Å². The van der Waals surface area contributed by atoms with E-state index in [9.17, 15) is 9.59 Å². The number of carbonyl (C=O) groups is 2. The zero-order chi connectivity index (χ0) is 17.0. The van der Waals surface area contributed by atoms with Crippen LogP contribution in [-0.4, -0.2) is 30.2 Å². The second-order valence-corrected chi connectivity index (χ2v) is 5.89. The van der Waals surface area contributed by atoms with Gasteiger partial charge in [-0.15, -0.1) is 11.8 Å². The van der Waals surface area contributed by atoms with Crippen molar-refractivity contribution in [3.8, 4) is 0 Å². The maximum absolute atomic E-state index is 12.5. The predicted octanol–water partition coefficient (Wildman–Crippen LogP) is 3.65. The van der Waals surface area contributed by atoms with Crippen molar-refractivity contribution >= 4 is 29.3 Å². The molecule has 2 rings (SSSR count). The largest absolute Gasteiger partial charge is 0.465 e. The Kier molecular flexibility index (Phi) is 5.50. The summed E-state index contributed by atoms with van der Waals surface area (Å²) < 4.78 is 4.81. The van der Waals surface area contributed by atoms with Crippen molar-refractivity contribution < 1.29 is 14.3 Å². The maximum atomic E-state index is 12.5. The number of aromatic amines is 1. The second-order valence-electron chi connectivity index (χ2n) is 5.01. The average Bonchev–Trinajstić information content (AvgIpc) is 2.91. The van der Waals surface area contributed by atoms with Gasteiger partial charge in [0.05, 0.1) is 12.7 Å². The van der Waals surface area contributed by atoms with E-state index in [1.54, 1.807) is 18.7 Å². The number of H-pyrrole nitrogens is 1. The molecule has 0 fully saturated rings. The first-order valence-electron chi connectivity index (χ1n) is 7.27. The van der Waals surface area contributed by atoms with E-state index >= 15 is 0 Å². The molecule has 23 heavy (non-hydrogen) atoms. The molecule has 2 aromatic rings. The summed E-state index contributed by atoms with van der Waals surface area (Å²) in [5.74, 6) is -0.704. The van der Waals surface area contributed by atoms with Gasteiger partial charge in [0, 0.05) is 16.3 Å². The van der Waals surface area contributed by atoms with E-state index in [1.807, 2.05) is 37.4 Å². The van der Waals surface area contributed by atoms with Crippen LogP contribution in [0.3, 0.4) is 0 Å². The molecule has 0 saturated heterocycles. The number of thioether (sulfide) groups is 1. The average molecular weight is 332 g/mol. The van der Waals surface area contributed by atoms with Crippen LogP contribution in [0.2, 0.25) is 0 Å². The number of rotatable bonds is 5. The molecule has 2 N–H and O–H groups in total. The maximum Gasteiger partial charge on any atom is 0.339 e. The summed E-state index contributed by atoms with van der Waals surface area (Å²) in [6.07, 6.45) is 2.59. The topological polar surface area (TPSA) is 71.2 Å². The van der Waals surface area contributed by atoms with Crippen LogP contribution < -0.4 is 5.32 Å². The highest BCUT2D eigenvalue weighted by atomic mass is 32.2. The molecule has 1 amide bonds. The highest BCUT2D eigenvalue weighted by Gasteiger charge is 2.23. The van der Waals surface area contributed by atoms with Gasteiger partial charge in [0.2, 0.25) is 0 Å². The first kappa shape index (κ1) is 17.1. The highest BCUT2D eigenvalue weighted by Crippen LogP contribution is 2.23. The van der Waals surface area contributed by atoms with Crippen molar-refractivity contribution in [1.29, 1.82) is 0 Å². The minimum Gasteiger partial charge on any atom is -0.465 e. The Morgan fingerprint density at radius 2 is 2.09 bits per heavy atom.